The van der Waals surface area contributed by atoms with E-state index in [1.165, 1.54) is 0 Å². The highest BCUT2D eigenvalue weighted by atomic mass is 32.2. The van der Waals surface area contributed by atoms with Gasteiger partial charge in [0.25, 0.3) is 0 Å². The predicted octanol–water partition coefficient (Wildman–Crippen LogP) is 0.536. The summed E-state index contributed by atoms with van der Waals surface area (Å²) in [6.45, 7) is 3.46. The molecule has 0 aliphatic heterocycles. The number of aryl methyl sites for hydroxylation is 2. The van der Waals surface area contributed by atoms with Gasteiger partial charge in [-0.3, -0.25) is 0 Å². The standard InChI is InChI=1S/C10H14N4O3S/c1-7-10(8(2)17-14-7)18(15,16)13-4-3-9-5-11-6-12-9/h5-6,13H,3-4H2,1-2H3,(H,11,12). The van der Waals surface area contributed by atoms with Crippen molar-refractivity contribution in [2.75, 3.05) is 6.54 Å². The van der Waals surface area contributed by atoms with E-state index in [0.717, 1.165) is 5.69 Å². The van der Waals surface area contributed by atoms with Crippen LogP contribution >= 0.6 is 0 Å². The number of H-pyrrole nitrogens is 1. The van der Waals surface area contributed by atoms with Gasteiger partial charge in [-0.05, 0) is 13.8 Å². The molecule has 2 N–H and O–H groups in total. The molecule has 0 amide bonds. The lowest BCUT2D eigenvalue weighted by Crippen LogP contribution is -2.26. The summed E-state index contributed by atoms with van der Waals surface area (Å²) in [7, 11) is -3.57. The SMILES string of the molecule is Cc1noc(C)c1S(=O)(=O)NCCc1cnc[nH]1. The lowest BCUT2D eigenvalue weighted by Gasteiger charge is -2.04. The molecule has 0 bridgehead atoms. The van der Waals surface area contributed by atoms with Gasteiger partial charge in [0.15, 0.2) is 5.76 Å². The Morgan fingerprint density at radius 1 is 1.44 bits per heavy atom. The fourth-order valence-corrected chi connectivity index (χ4v) is 3.03. The first-order valence-electron chi connectivity index (χ1n) is 5.40. The molecule has 2 rings (SSSR count). The number of hydrogen-bond donors (Lipinski definition) is 2. The van der Waals surface area contributed by atoms with E-state index in [1.54, 1.807) is 26.4 Å². The number of aromatic nitrogens is 3. The van der Waals surface area contributed by atoms with E-state index in [0.29, 0.717) is 17.9 Å². The number of hydrogen-bond acceptors (Lipinski definition) is 5. The number of rotatable bonds is 5. The van der Waals surface area contributed by atoms with Gasteiger partial charge in [0, 0.05) is 24.9 Å². The topological polar surface area (TPSA) is 101 Å². The molecule has 0 atom stereocenters. The summed E-state index contributed by atoms with van der Waals surface area (Å²) in [6, 6.07) is 0. The van der Waals surface area contributed by atoms with Crippen LogP contribution in [0.3, 0.4) is 0 Å². The van der Waals surface area contributed by atoms with E-state index < -0.39 is 10.0 Å². The molecule has 0 aliphatic carbocycles. The van der Waals surface area contributed by atoms with Gasteiger partial charge in [0.1, 0.15) is 10.6 Å². The third-order valence-corrected chi connectivity index (χ3v) is 4.18. The predicted molar refractivity (Wildman–Crippen MR) is 63.5 cm³/mol. The van der Waals surface area contributed by atoms with Crippen LogP contribution in [0.25, 0.3) is 0 Å². The maximum absolute atomic E-state index is 12.0. The van der Waals surface area contributed by atoms with Crippen LogP contribution in [0.15, 0.2) is 21.9 Å². The molecule has 0 radical (unpaired) electrons. The molecule has 8 heteroatoms. The number of aromatic amines is 1. The molecule has 0 aromatic carbocycles. The zero-order valence-electron chi connectivity index (χ0n) is 10.1. The molecule has 0 fully saturated rings. The molecule has 0 spiro atoms. The zero-order valence-corrected chi connectivity index (χ0v) is 10.9. The van der Waals surface area contributed by atoms with Crippen LogP contribution in [0.1, 0.15) is 17.1 Å². The van der Waals surface area contributed by atoms with Crippen LogP contribution in [0.2, 0.25) is 0 Å². The van der Waals surface area contributed by atoms with Crippen LogP contribution in [0.4, 0.5) is 0 Å². The van der Waals surface area contributed by atoms with E-state index in [-0.39, 0.29) is 11.4 Å². The van der Waals surface area contributed by atoms with E-state index in [4.69, 9.17) is 4.52 Å². The van der Waals surface area contributed by atoms with Crippen molar-refractivity contribution in [1.29, 1.82) is 0 Å². The minimum Gasteiger partial charge on any atom is -0.360 e. The van der Waals surface area contributed by atoms with E-state index in [1.807, 2.05) is 0 Å². The Morgan fingerprint density at radius 2 is 2.22 bits per heavy atom. The second kappa shape index (κ2) is 4.91. The monoisotopic (exact) mass is 270 g/mol. The molecular weight excluding hydrogens is 256 g/mol. The minimum atomic E-state index is -3.57. The average Bonchev–Trinajstić information content (AvgIpc) is 2.89. The molecule has 0 saturated carbocycles. The Balaban J connectivity index is 2.04. The summed E-state index contributed by atoms with van der Waals surface area (Å²) in [6.07, 6.45) is 3.75. The van der Waals surface area contributed by atoms with Gasteiger partial charge in [-0.25, -0.2) is 18.1 Å². The Morgan fingerprint density at radius 3 is 2.78 bits per heavy atom. The molecule has 98 valence electrons. The van der Waals surface area contributed by atoms with E-state index in [2.05, 4.69) is 19.8 Å². The third-order valence-electron chi connectivity index (χ3n) is 2.48. The number of nitrogens with zero attached hydrogens (tertiary/aromatic N) is 2. The zero-order chi connectivity index (χ0) is 13.2. The summed E-state index contributed by atoms with van der Waals surface area (Å²) >= 11 is 0. The molecule has 0 saturated heterocycles. The van der Waals surface area contributed by atoms with Crippen molar-refractivity contribution < 1.29 is 12.9 Å². The summed E-state index contributed by atoms with van der Waals surface area (Å²) in [4.78, 5) is 6.88. The number of nitrogens with one attached hydrogen (secondary N) is 2. The Labute approximate surface area is 105 Å². The fourth-order valence-electron chi connectivity index (χ4n) is 1.67. The van der Waals surface area contributed by atoms with Crippen LogP contribution in [-0.4, -0.2) is 30.1 Å². The molecule has 0 unspecified atom stereocenters. The maximum atomic E-state index is 12.0. The van der Waals surface area contributed by atoms with Crippen LogP contribution in [0.5, 0.6) is 0 Å². The van der Waals surface area contributed by atoms with Crippen LogP contribution < -0.4 is 4.72 Å². The van der Waals surface area contributed by atoms with Gasteiger partial charge in [-0.15, -0.1) is 0 Å². The van der Waals surface area contributed by atoms with Crippen molar-refractivity contribution in [1.82, 2.24) is 19.8 Å². The van der Waals surface area contributed by atoms with Gasteiger partial charge in [0.05, 0.1) is 6.33 Å². The summed E-state index contributed by atoms with van der Waals surface area (Å²) in [5, 5.41) is 3.63. The van der Waals surface area contributed by atoms with E-state index in [9.17, 15) is 8.42 Å². The van der Waals surface area contributed by atoms with Crippen LogP contribution in [-0.2, 0) is 16.4 Å². The molecule has 2 aromatic rings. The number of sulfonamides is 1. The van der Waals surface area contributed by atoms with Crippen molar-refractivity contribution in [2.24, 2.45) is 0 Å². The van der Waals surface area contributed by atoms with Gasteiger partial charge in [0.2, 0.25) is 10.0 Å². The lowest BCUT2D eigenvalue weighted by atomic mass is 10.3. The highest BCUT2D eigenvalue weighted by Crippen LogP contribution is 2.18. The largest absolute Gasteiger partial charge is 0.360 e. The Bertz CT molecular complexity index is 596. The van der Waals surface area contributed by atoms with Crippen molar-refractivity contribution in [3.63, 3.8) is 0 Å². The molecule has 0 aliphatic rings. The molecule has 18 heavy (non-hydrogen) atoms. The summed E-state index contributed by atoms with van der Waals surface area (Å²) in [5.41, 5.74) is 1.23. The molecular formula is C10H14N4O3S. The van der Waals surface area contributed by atoms with Gasteiger partial charge in [-0.1, -0.05) is 5.16 Å². The minimum absolute atomic E-state index is 0.118. The second-order valence-corrected chi connectivity index (χ2v) is 5.58. The highest BCUT2D eigenvalue weighted by molar-refractivity contribution is 7.89. The Kier molecular flexibility index (Phi) is 3.48. The lowest BCUT2D eigenvalue weighted by molar-refractivity contribution is 0.390. The first-order valence-corrected chi connectivity index (χ1v) is 6.89. The van der Waals surface area contributed by atoms with Crippen molar-refractivity contribution >= 4 is 10.0 Å². The van der Waals surface area contributed by atoms with Crippen LogP contribution in [0, 0.1) is 13.8 Å². The fraction of sp³-hybridized carbons (Fsp3) is 0.400. The first kappa shape index (κ1) is 12.8. The summed E-state index contributed by atoms with van der Waals surface area (Å²) < 4.78 is 31.4. The Hall–Kier alpha value is -1.67. The summed E-state index contributed by atoms with van der Waals surface area (Å²) in [5.74, 6) is 0.293. The normalized spacial score (nSPS) is 11.9. The number of imidazole rings is 1. The quantitative estimate of drug-likeness (QED) is 0.825. The van der Waals surface area contributed by atoms with Crippen molar-refractivity contribution in [3.8, 4) is 0 Å². The third kappa shape index (κ3) is 2.59. The molecule has 7 nitrogen and oxygen atoms in total. The smallest absolute Gasteiger partial charge is 0.245 e. The second-order valence-electron chi connectivity index (χ2n) is 3.88. The van der Waals surface area contributed by atoms with Gasteiger partial charge < -0.3 is 9.51 Å². The van der Waals surface area contributed by atoms with Crippen molar-refractivity contribution in [3.05, 3.63) is 29.7 Å². The average molecular weight is 270 g/mol. The van der Waals surface area contributed by atoms with Gasteiger partial charge in [-0.2, -0.15) is 0 Å². The van der Waals surface area contributed by atoms with Crippen molar-refractivity contribution in [2.45, 2.75) is 25.2 Å². The van der Waals surface area contributed by atoms with E-state index >= 15 is 0 Å². The maximum Gasteiger partial charge on any atom is 0.245 e. The highest BCUT2D eigenvalue weighted by Gasteiger charge is 2.23. The van der Waals surface area contributed by atoms with Gasteiger partial charge >= 0.3 is 0 Å². The molecule has 2 heterocycles. The first-order chi connectivity index (χ1) is 8.50. The molecule has 2 aromatic heterocycles.